The van der Waals surface area contributed by atoms with E-state index in [1.165, 1.54) is 23.5 Å². The van der Waals surface area contributed by atoms with Crippen LogP contribution in [0.1, 0.15) is 32.2 Å². The summed E-state index contributed by atoms with van der Waals surface area (Å²) in [6, 6.07) is 7.73. The first-order valence-corrected chi connectivity index (χ1v) is 9.83. The number of nitro benzene ring substituents is 1. The van der Waals surface area contributed by atoms with Crippen molar-refractivity contribution in [1.29, 1.82) is 0 Å². The number of aryl methyl sites for hydroxylation is 2. The zero-order valence-corrected chi connectivity index (χ0v) is 17.5. The van der Waals surface area contributed by atoms with Gasteiger partial charge in [0.15, 0.2) is 0 Å². The maximum absolute atomic E-state index is 12.8. The third kappa shape index (κ3) is 4.62. The minimum atomic E-state index is -0.453. The van der Waals surface area contributed by atoms with Crippen molar-refractivity contribution in [3.63, 3.8) is 0 Å². The molecular weight excluding hydrogens is 392 g/mol. The molecule has 3 aromatic rings. The standard InChI is InChI=1S/C20H22N4O4S/c1-13-18(14(2)23(4)21-13)10-22(3)20(25)19-9-15(12-29-19)11-28-17-7-5-16(6-8-17)24(26)27/h5-9,12H,10-11H2,1-4H3. The van der Waals surface area contributed by atoms with Crippen LogP contribution in [0.5, 0.6) is 5.75 Å². The molecule has 0 bridgehead atoms. The molecule has 9 heteroatoms. The lowest BCUT2D eigenvalue weighted by atomic mass is 10.2. The Morgan fingerprint density at radius 1 is 1.31 bits per heavy atom. The first-order chi connectivity index (χ1) is 13.8. The van der Waals surface area contributed by atoms with E-state index in [4.69, 9.17) is 4.74 Å². The van der Waals surface area contributed by atoms with E-state index in [0.29, 0.717) is 17.2 Å². The minimum absolute atomic E-state index is 0.0166. The highest BCUT2D eigenvalue weighted by Gasteiger charge is 2.18. The number of benzene rings is 1. The first kappa shape index (κ1) is 20.5. The summed E-state index contributed by atoms with van der Waals surface area (Å²) in [4.78, 5) is 25.3. The Labute approximate surface area is 172 Å². The van der Waals surface area contributed by atoms with E-state index < -0.39 is 4.92 Å². The van der Waals surface area contributed by atoms with Crippen LogP contribution in [0.15, 0.2) is 35.7 Å². The molecule has 0 fully saturated rings. The lowest BCUT2D eigenvalue weighted by Gasteiger charge is -2.16. The van der Waals surface area contributed by atoms with Crippen LogP contribution in [-0.4, -0.2) is 32.6 Å². The number of hydrogen-bond donors (Lipinski definition) is 0. The van der Waals surface area contributed by atoms with Gasteiger partial charge in [0.05, 0.1) is 15.5 Å². The van der Waals surface area contributed by atoms with Gasteiger partial charge in [0.2, 0.25) is 0 Å². The second-order valence-electron chi connectivity index (χ2n) is 6.79. The van der Waals surface area contributed by atoms with Gasteiger partial charge in [-0.05, 0) is 37.4 Å². The highest BCUT2D eigenvalue weighted by Crippen LogP contribution is 2.22. The number of carbonyl (C=O) groups excluding carboxylic acids is 1. The van der Waals surface area contributed by atoms with E-state index in [1.807, 2.05) is 37.0 Å². The van der Waals surface area contributed by atoms with Crippen molar-refractivity contribution in [3.05, 3.63) is 73.2 Å². The second kappa shape index (κ2) is 8.44. The lowest BCUT2D eigenvalue weighted by Crippen LogP contribution is -2.26. The maximum atomic E-state index is 12.8. The highest BCUT2D eigenvalue weighted by atomic mass is 32.1. The average Bonchev–Trinajstić information content (AvgIpc) is 3.26. The molecule has 0 radical (unpaired) electrons. The van der Waals surface area contributed by atoms with Crippen LogP contribution >= 0.6 is 11.3 Å². The van der Waals surface area contributed by atoms with Gasteiger partial charge >= 0.3 is 0 Å². The molecule has 0 N–H and O–H groups in total. The molecule has 0 atom stereocenters. The van der Waals surface area contributed by atoms with E-state index in [2.05, 4.69) is 5.10 Å². The van der Waals surface area contributed by atoms with E-state index in [9.17, 15) is 14.9 Å². The van der Waals surface area contributed by atoms with Crippen molar-refractivity contribution in [2.45, 2.75) is 27.0 Å². The van der Waals surface area contributed by atoms with Crippen LogP contribution in [0.4, 0.5) is 5.69 Å². The number of thiophene rings is 1. The molecule has 0 spiro atoms. The molecule has 0 aliphatic heterocycles. The molecule has 0 saturated heterocycles. The SMILES string of the molecule is Cc1nn(C)c(C)c1CN(C)C(=O)c1cc(COc2ccc([N+](=O)[O-])cc2)cs1. The average molecular weight is 414 g/mol. The zero-order valence-electron chi connectivity index (χ0n) is 16.7. The largest absolute Gasteiger partial charge is 0.489 e. The van der Waals surface area contributed by atoms with Gasteiger partial charge in [-0.15, -0.1) is 11.3 Å². The summed E-state index contributed by atoms with van der Waals surface area (Å²) in [6.45, 7) is 4.72. The van der Waals surface area contributed by atoms with Gasteiger partial charge in [0, 0.05) is 49.6 Å². The predicted molar refractivity (Wildman–Crippen MR) is 110 cm³/mol. The fourth-order valence-electron chi connectivity index (χ4n) is 2.94. The number of nitro groups is 1. The Morgan fingerprint density at radius 3 is 2.59 bits per heavy atom. The van der Waals surface area contributed by atoms with Crippen LogP contribution in [0, 0.1) is 24.0 Å². The Balaban J connectivity index is 1.61. The molecular formula is C20H22N4O4S. The molecule has 29 heavy (non-hydrogen) atoms. The Bertz CT molecular complexity index is 1040. The number of hydrogen-bond acceptors (Lipinski definition) is 6. The molecule has 0 aliphatic carbocycles. The molecule has 2 heterocycles. The third-order valence-electron chi connectivity index (χ3n) is 4.72. The molecule has 152 valence electrons. The van der Waals surface area contributed by atoms with Gasteiger partial charge in [0.25, 0.3) is 11.6 Å². The second-order valence-corrected chi connectivity index (χ2v) is 7.70. The molecule has 1 aromatic carbocycles. The zero-order chi connectivity index (χ0) is 21.1. The van der Waals surface area contributed by atoms with E-state index >= 15 is 0 Å². The maximum Gasteiger partial charge on any atom is 0.269 e. The topological polar surface area (TPSA) is 90.5 Å². The molecule has 8 nitrogen and oxygen atoms in total. The number of carbonyl (C=O) groups is 1. The van der Waals surface area contributed by atoms with E-state index in [1.54, 1.807) is 24.1 Å². The molecule has 2 aromatic heterocycles. The minimum Gasteiger partial charge on any atom is -0.489 e. The van der Waals surface area contributed by atoms with Crippen LogP contribution in [0.25, 0.3) is 0 Å². The first-order valence-electron chi connectivity index (χ1n) is 8.95. The Hall–Kier alpha value is -3.20. The number of nitrogens with zero attached hydrogens (tertiary/aromatic N) is 4. The molecule has 0 aliphatic rings. The summed E-state index contributed by atoms with van der Waals surface area (Å²) >= 11 is 1.37. The fourth-order valence-corrected chi connectivity index (χ4v) is 3.83. The van der Waals surface area contributed by atoms with E-state index in [-0.39, 0.29) is 18.2 Å². The van der Waals surface area contributed by atoms with Crippen molar-refractivity contribution in [3.8, 4) is 5.75 Å². The van der Waals surface area contributed by atoms with Crippen LogP contribution in [0.2, 0.25) is 0 Å². The normalized spacial score (nSPS) is 10.8. The van der Waals surface area contributed by atoms with Crippen LogP contribution < -0.4 is 4.74 Å². The van der Waals surface area contributed by atoms with Crippen molar-refractivity contribution in [2.75, 3.05) is 7.05 Å². The van der Waals surface area contributed by atoms with Gasteiger partial charge in [-0.2, -0.15) is 5.10 Å². The van der Waals surface area contributed by atoms with Crippen molar-refractivity contribution >= 4 is 22.9 Å². The number of non-ortho nitro benzene ring substituents is 1. The molecule has 0 saturated carbocycles. The summed E-state index contributed by atoms with van der Waals surface area (Å²) in [5, 5.41) is 17.0. The van der Waals surface area contributed by atoms with Gasteiger partial charge in [-0.3, -0.25) is 19.6 Å². The summed E-state index contributed by atoms with van der Waals surface area (Å²) in [6.07, 6.45) is 0. The summed E-state index contributed by atoms with van der Waals surface area (Å²) in [7, 11) is 3.67. The van der Waals surface area contributed by atoms with Gasteiger partial charge < -0.3 is 9.64 Å². The lowest BCUT2D eigenvalue weighted by molar-refractivity contribution is -0.384. The number of amides is 1. The van der Waals surface area contributed by atoms with Crippen molar-refractivity contribution in [2.24, 2.45) is 7.05 Å². The van der Waals surface area contributed by atoms with Crippen LogP contribution in [0.3, 0.4) is 0 Å². The highest BCUT2D eigenvalue weighted by molar-refractivity contribution is 7.12. The van der Waals surface area contributed by atoms with Crippen molar-refractivity contribution < 1.29 is 14.5 Å². The molecule has 0 unspecified atom stereocenters. The summed E-state index contributed by atoms with van der Waals surface area (Å²) in [5.41, 5.74) is 3.92. The Kier molecular flexibility index (Phi) is 5.97. The van der Waals surface area contributed by atoms with Gasteiger partial charge in [-0.25, -0.2) is 0 Å². The third-order valence-corrected chi connectivity index (χ3v) is 5.69. The number of ether oxygens (including phenoxy) is 1. The Morgan fingerprint density at radius 2 is 2.00 bits per heavy atom. The monoisotopic (exact) mass is 414 g/mol. The quantitative estimate of drug-likeness (QED) is 0.433. The summed E-state index contributed by atoms with van der Waals surface area (Å²) < 4.78 is 7.48. The van der Waals surface area contributed by atoms with Gasteiger partial charge in [-0.1, -0.05) is 0 Å². The van der Waals surface area contributed by atoms with Crippen LogP contribution in [-0.2, 0) is 20.2 Å². The number of rotatable bonds is 7. The number of aromatic nitrogens is 2. The fraction of sp³-hybridized carbons (Fsp3) is 0.300. The van der Waals surface area contributed by atoms with E-state index in [0.717, 1.165) is 22.5 Å². The smallest absolute Gasteiger partial charge is 0.269 e. The van der Waals surface area contributed by atoms with Crippen molar-refractivity contribution in [1.82, 2.24) is 14.7 Å². The predicted octanol–water partition coefficient (Wildman–Crippen LogP) is 3.86. The molecule has 3 rings (SSSR count). The molecule has 1 amide bonds. The summed E-state index contributed by atoms with van der Waals surface area (Å²) in [5.74, 6) is 0.480. The van der Waals surface area contributed by atoms with Gasteiger partial charge in [0.1, 0.15) is 12.4 Å².